The van der Waals surface area contributed by atoms with E-state index >= 15 is 0 Å². The summed E-state index contributed by atoms with van der Waals surface area (Å²) in [6.45, 7) is 3.79. The molecule has 2 aliphatic heterocycles. The highest BCUT2D eigenvalue weighted by Crippen LogP contribution is 2.46. The molecule has 4 heterocycles. The number of ether oxygens (including phenoxy) is 1. The summed E-state index contributed by atoms with van der Waals surface area (Å²) >= 11 is 7.67. The molecule has 2 aliphatic rings. The van der Waals surface area contributed by atoms with Crippen LogP contribution in [0.2, 0.25) is 5.02 Å². The van der Waals surface area contributed by atoms with Crippen LogP contribution in [0.5, 0.6) is 0 Å². The van der Waals surface area contributed by atoms with E-state index in [2.05, 4.69) is 20.6 Å². The van der Waals surface area contributed by atoms with Crippen molar-refractivity contribution in [1.82, 2.24) is 20.0 Å². The Balaban J connectivity index is 1.51. The summed E-state index contributed by atoms with van der Waals surface area (Å²) in [5.41, 5.74) is -0.206. The Labute approximate surface area is 180 Å². The number of morpholine rings is 1. The molecule has 4 rings (SSSR count). The fraction of sp³-hybridized carbons (Fsp3) is 0.556. The van der Waals surface area contributed by atoms with Gasteiger partial charge in [-0.25, -0.2) is 4.68 Å². The number of carbonyl (C=O) groups excluding carboxylic acids is 1. The first-order valence-electron chi connectivity index (χ1n) is 9.57. The number of aromatic nitrogens is 2. The average molecular weight is 464 g/mol. The van der Waals surface area contributed by atoms with Crippen molar-refractivity contribution >= 4 is 34.7 Å². The molecule has 0 radical (unpaired) electrons. The van der Waals surface area contributed by atoms with Gasteiger partial charge in [0.2, 0.25) is 0 Å². The Bertz CT molecular complexity index is 883. The zero-order valence-corrected chi connectivity index (χ0v) is 17.5. The molecule has 2 aromatic rings. The van der Waals surface area contributed by atoms with Gasteiger partial charge in [-0.05, 0) is 11.4 Å². The summed E-state index contributed by atoms with van der Waals surface area (Å²) in [4.78, 5) is 15.5. The third kappa shape index (κ3) is 4.43. The van der Waals surface area contributed by atoms with Crippen LogP contribution in [0.3, 0.4) is 0 Å². The Kier molecular flexibility index (Phi) is 6.24. The molecular formula is C18H21ClF3N5O2S. The van der Waals surface area contributed by atoms with Gasteiger partial charge in [-0.2, -0.15) is 18.3 Å². The average Bonchev–Trinajstić information content (AvgIpc) is 3.36. The standard InChI is InChI=1S/C18H21ClF3N5O2S/c19-14-15(17(28)23-3-4-26-5-7-29-8-6-26)25-27-13(18(20,21)22)10-11(24-16(14)27)12-2-1-9-30-12/h1-2,9,11,13,24H,3-8,10H2,(H,23,28). The smallest absolute Gasteiger partial charge is 0.379 e. The number of hydrogen-bond acceptors (Lipinski definition) is 6. The van der Waals surface area contributed by atoms with Crippen molar-refractivity contribution in [3.63, 3.8) is 0 Å². The number of anilines is 1. The zero-order chi connectivity index (χ0) is 21.3. The number of amides is 1. The summed E-state index contributed by atoms with van der Waals surface area (Å²) in [7, 11) is 0. The number of nitrogens with one attached hydrogen (secondary N) is 2. The van der Waals surface area contributed by atoms with Crippen molar-refractivity contribution in [2.24, 2.45) is 0 Å². The number of rotatable bonds is 5. The Morgan fingerprint density at radius 2 is 2.17 bits per heavy atom. The predicted molar refractivity (Wildman–Crippen MR) is 107 cm³/mol. The quantitative estimate of drug-likeness (QED) is 0.711. The maximum Gasteiger partial charge on any atom is 0.410 e. The van der Waals surface area contributed by atoms with E-state index in [1.54, 1.807) is 17.5 Å². The van der Waals surface area contributed by atoms with Crippen LogP contribution in [-0.2, 0) is 4.74 Å². The normalized spacial score (nSPS) is 22.4. The van der Waals surface area contributed by atoms with Crippen LogP contribution in [0, 0.1) is 0 Å². The molecule has 30 heavy (non-hydrogen) atoms. The van der Waals surface area contributed by atoms with Gasteiger partial charge in [0.1, 0.15) is 10.8 Å². The molecule has 0 aromatic carbocycles. The van der Waals surface area contributed by atoms with Gasteiger partial charge in [0.05, 0.1) is 19.3 Å². The Morgan fingerprint density at radius 1 is 1.40 bits per heavy atom. The predicted octanol–water partition coefficient (Wildman–Crippen LogP) is 3.32. The number of fused-ring (bicyclic) bond motifs is 1. The van der Waals surface area contributed by atoms with Gasteiger partial charge < -0.3 is 15.4 Å². The maximum absolute atomic E-state index is 13.7. The second-order valence-electron chi connectivity index (χ2n) is 7.17. The van der Waals surface area contributed by atoms with Gasteiger partial charge in [-0.1, -0.05) is 17.7 Å². The summed E-state index contributed by atoms with van der Waals surface area (Å²) in [5, 5.41) is 11.4. The molecule has 2 atom stereocenters. The number of thiophene rings is 1. The molecule has 2 unspecified atom stereocenters. The minimum Gasteiger partial charge on any atom is -0.379 e. The molecule has 1 saturated heterocycles. The van der Waals surface area contributed by atoms with Crippen LogP contribution in [0.15, 0.2) is 17.5 Å². The van der Waals surface area contributed by atoms with Gasteiger partial charge in [0.25, 0.3) is 5.91 Å². The molecule has 7 nitrogen and oxygen atoms in total. The number of halogens is 4. The van der Waals surface area contributed by atoms with E-state index in [0.29, 0.717) is 26.3 Å². The second-order valence-corrected chi connectivity index (χ2v) is 8.53. The summed E-state index contributed by atoms with van der Waals surface area (Å²) < 4.78 is 47.3. The molecule has 1 fully saturated rings. The van der Waals surface area contributed by atoms with Gasteiger partial charge in [0.15, 0.2) is 11.7 Å². The number of carbonyl (C=O) groups is 1. The fourth-order valence-electron chi connectivity index (χ4n) is 3.65. The zero-order valence-electron chi connectivity index (χ0n) is 15.9. The largest absolute Gasteiger partial charge is 0.410 e. The van der Waals surface area contributed by atoms with Crippen molar-refractivity contribution in [3.05, 3.63) is 33.1 Å². The Morgan fingerprint density at radius 3 is 2.83 bits per heavy atom. The van der Waals surface area contributed by atoms with Crippen molar-refractivity contribution in [3.8, 4) is 0 Å². The van der Waals surface area contributed by atoms with Gasteiger partial charge in [0, 0.05) is 37.5 Å². The van der Waals surface area contributed by atoms with E-state index in [0.717, 1.165) is 22.6 Å². The molecule has 0 spiro atoms. The van der Waals surface area contributed by atoms with Gasteiger partial charge in [-0.15, -0.1) is 11.3 Å². The first kappa shape index (κ1) is 21.4. The van der Waals surface area contributed by atoms with Crippen molar-refractivity contribution in [1.29, 1.82) is 0 Å². The van der Waals surface area contributed by atoms with E-state index in [-0.39, 0.29) is 23.0 Å². The van der Waals surface area contributed by atoms with Crippen LogP contribution in [-0.4, -0.2) is 66.2 Å². The topological polar surface area (TPSA) is 71.4 Å². The lowest BCUT2D eigenvalue weighted by Gasteiger charge is -2.32. The van der Waals surface area contributed by atoms with Crippen molar-refractivity contribution < 1.29 is 22.7 Å². The lowest BCUT2D eigenvalue weighted by atomic mass is 10.0. The highest BCUT2D eigenvalue weighted by molar-refractivity contribution is 7.10. The van der Waals surface area contributed by atoms with E-state index < -0.39 is 24.2 Å². The molecule has 2 N–H and O–H groups in total. The lowest BCUT2D eigenvalue weighted by Crippen LogP contribution is -2.41. The van der Waals surface area contributed by atoms with Crippen LogP contribution in [0.25, 0.3) is 0 Å². The Hall–Kier alpha value is -1.82. The van der Waals surface area contributed by atoms with Crippen LogP contribution >= 0.6 is 22.9 Å². The molecular weight excluding hydrogens is 443 g/mol. The minimum absolute atomic E-state index is 0.0157. The van der Waals surface area contributed by atoms with E-state index in [9.17, 15) is 18.0 Å². The highest BCUT2D eigenvalue weighted by Gasteiger charge is 2.48. The number of alkyl halides is 3. The molecule has 0 saturated carbocycles. The third-order valence-electron chi connectivity index (χ3n) is 5.21. The second kappa shape index (κ2) is 8.74. The molecule has 164 valence electrons. The van der Waals surface area contributed by atoms with E-state index in [1.165, 1.54) is 11.3 Å². The molecule has 12 heteroatoms. The van der Waals surface area contributed by atoms with Crippen LogP contribution < -0.4 is 10.6 Å². The lowest BCUT2D eigenvalue weighted by molar-refractivity contribution is -0.173. The monoisotopic (exact) mass is 463 g/mol. The number of hydrogen-bond donors (Lipinski definition) is 2. The first-order valence-corrected chi connectivity index (χ1v) is 10.8. The van der Waals surface area contributed by atoms with E-state index in [4.69, 9.17) is 16.3 Å². The van der Waals surface area contributed by atoms with E-state index in [1.807, 2.05) is 0 Å². The minimum atomic E-state index is -4.52. The summed E-state index contributed by atoms with van der Waals surface area (Å²) in [6.07, 6.45) is -4.75. The summed E-state index contributed by atoms with van der Waals surface area (Å²) in [5.74, 6) is -0.576. The van der Waals surface area contributed by atoms with Gasteiger partial charge >= 0.3 is 6.18 Å². The van der Waals surface area contributed by atoms with Gasteiger partial charge in [-0.3, -0.25) is 9.69 Å². The molecule has 0 bridgehead atoms. The molecule has 1 amide bonds. The van der Waals surface area contributed by atoms with Crippen molar-refractivity contribution in [2.45, 2.75) is 24.7 Å². The highest BCUT2D eigenvalue weighted by atomic mass is 35.5. The van der Waals surface area contributed by atoms with Crippen LogP contribution in [0.4, 0.5) is 19.0 Å². The SMILES string of the molecule is O=C(NCCN1CCOCC1)c1nn2c(c1Cl)NC(c1cccs1)CC2C(F)(F)F. The first-order chi connectivity index (χ1) is 14.3. The van der Waals surface area contributed by atoms with Crippen molar-refractivity contribution in [2.75, 3.05) is 44.7 Å². The third-order valence-corrected chi connectivity index (χ3v) is 6.56. The summed E-state index contributed by atoms with van der Waals surface area (Å²) in [6, 6.07) is 1.13. The van der Waals surface area contributed by atoms with Crippen LogP contribution in [0.1, 0.15) is 33.9 Å². The maximum atomic E-state index is 13.7. The molecule has 0 aliphatic carbocycles. The molecule has 2 aromatic heterocycles. The fourth-order valence-corrected chi connectivity index (χ4v) is 4.70. The number of nitrogens with zero attached hydrogens (tertiary/aromatic N) is 3.